The van der Waals surface area contributed by atoms with Crippen molar-refractivity contribution in [2.24, 2.45) is 0 Å². The Morgan fingerprint density at radius 2 is 2.25 bits per heavy atom. The first kappa shape index (κ1) is 10.9. The van der Waals surface area contributed by atoms with Crippen LogP contribution in [-0.4, -0.2) is 4.98 Å². The first-order valence-corrected chi connectivity index (χ1v) is 5.44. The molecule has 2 heterocycles. The van der Waals surface area contributed by atoms with E-state index >= 15 is 0 Å². The van der Waals surface area contributed by atoms with Crippen molar-refractivity contribution in [3.8, 4) is 0 Å². The third-order valence-corrected chi connectivity index (χ3v) is 2.66. The first-order chi connectivity index (χ1) is 7.77. The van der Waals surface area contributed by atoms with Gasteiger partial charge in [0.25, 0.3) is 0 Å². The molecule has 16 heavy (non-hydrogen) atoms. The molecule has 0 aliphatic carbocycles. The molecule has 0 unspecified atom stereocenters. The van der Waals surface area contributed by atoms with Crippen LogP contribution in [0.4, 0.5) is 0 Å². The van der Waals surface area contributed by atoms with Gasteiger partial charge in [-0.15, -0.1) is 0 Å². The molecule has 2 rings (SSSR count). The van der Waals surface area contributed by atoms with Crippen LogP contribution in [0.2, 0.25) is 0 Å². The quantitative estimate of drug-likeness (QED) is 0.854. The van der Waals surface area contributed by atoms with E-state index < -0.39 is 0 Å². The Hall–Kier alpha value is -1.61. The summed E-state index contributed by atoms with van der Waals surface area (Å²) in [5, 5.41) is 3.39. The minimum Gasteiger partial charge on any atom is -0.468 e. The van der Waals surface area contributed by atoms with Crippen LogP contribution in [0.1, 0.15) is 30.0 Å². The molecule has 0 fully saturated rings. The lowest BCUT2D eigenvalue weighted by molar-refractivity contribution is 0.428. The number of hydrogen-bond acceptors (Lipinski definition) is 3. The normalized spacial score (nSPS) is 12.6. The zero-order valence-electron chi connectivity index (χ0n) is 9.60. The Labute approximate surface area is 95.5 Å². The molecule has 3 nitrogen and oxygen atoms in total. The Morgan fingerprint density at radius 3 is 2.94 bits per heavy atom. The summed E-state index contributed by atoms with van der Waals surface area (Å²) in [5.74, 6) is 0.952. The van der Waals surface area contributed by atoms with Gasteiger partial charge in [0.15, 0.2) is 0 Å². The third-order valence-electron chi connectivity index (χ3n) is 2.66. The summed E-state index contributed by atoms with van der Waals surface area (Å²) in [6, 6.07) is 8.11. The highest BCUT2D eigenvalue weighted by molar-refractivity contribution is 5.17. The van der Waals surface area contributed by atoms with Gasteiger partial charge in [-0.1, -0.05) is 6.07 Å². The topological polar surface area (TPSA) is 38.1 Å². The second-order valence-electron chi connectivity index (χ2n) is 3.89. The van der Waals surface area contributed by atoms with E-state index in [-0.39, 0.29) is 6.04 Å². The maximum absolute atomic E-state index is 5.33. The fourth-order valence-electron chi connectivity index (χ4n) is 1.59. The molecule has 0 aromatic carbocycles. The van der Waals surface area contributed by atoms with E-state index in [4.69, 9.17) is 4.42 Å². The fourth-order valence-corrected chi connectivity index (χ4v) is 1.59. The molecular formula is C13H16N2O. The smallest absolute Gasteiger partial charge is 0.120 e. The number of nitrogens with one attached hydrogen (secondary N) is 1. The highest BCUT2D eigenvalue weighted by Gasteiger charge is 2.08. The Kier molecular flexibility index (Phi) is 3.37. The van der Waals surface area contributed by atoms with Crippen molar-refractivity contribution in [2.75, 3.05) is 0 Å². The number of aromatic nitrogens is 1. The Bertz CT molecular complexity index is 437. The largest absolute Gasteiger partial charge is 0.468 e. The third kappa shape index (κ3) is 2.49. The predicted octanol–water partition coefficient (Wildman–Crippen LogP) is 2.83. The number of aryl methyl sites for hydroxylation is 1. The number of hydrogen-bond donors (Lipinski definition) is 1. The van der Waals surface area contributed by atoms with Crippen molar-refractivity contribution in [3.05, 3.63) is 53.7 Å². The van der Waals surface area contributed by atoms with Crippen LogP contribution in [0.5, 0.6) is 0 Å². The average molecular weight is 216 g/mol. The van der Waals surface area contributed by atoms with Crippen molar-refractivity contribution in [3.63, 3.8) is 0 Å². The molecule has 1 atom stereocenters. The van der Waals surface area contributed by atoms with Crippen molar-refractivity contribution in [1.29, 1.82) is 0 Å². The second kappa shape index (κ2) is 4.94. The van der Waals surface area contributed by atoms with Crippen molar-refractivity contribution in [1.82, 2.24) is 10.3 Å². The summed E-state index contributed by atoms with van der Waals surface area (Å²) < 4.78 is 5.33. The molecule has 0 spiro atoms. The standard InChI is InChI=1S/C13H16N2O/c1-10-5-3-7-14-12(10)9-15-11(2)13-6-4-8-16-13/h3-8,11,15H,9H2,1-2H3/t11-/m0/s1. The van der Waals surface area contributed by atoms with E-state index in [9.17, 15) is 0 Å². The van der Waals surface area contributed by atoms with Gasteiger partial charge in [-0.2, -0.15) is 0 Å². The lowest BCUT2D eigenvalue weighted by atomic mass is 10.2. The van der Waals surface area contributed by atoms with Gasteiger partial charge in [0.05, 0.1) is 18.0 Å². The lowest BCUT2D eigenvalue weighted by Gasteiger charge is -2.11. The highest BCUT2D eigenvalue weighted by atomic mass is 16.3. The van der Waals surface area contributed by atoms with Crippen LogP contribution < -0.4 is 5.32 Å². The SMILES string of the molecule is Cc1cccnc1CN[C@@H](C)c1ccco1. The molecule has 0 aliphatic rings. The van der Waals surface area contributed by atoms with Crippen LogP contribution in [0.15, 0.2) is 41.1 Å². The Balaban J connectivity index is 1.95. The highest BCUT2D eigenvalue weighted by Crippen LogP contribution is 2.13. The van der Waals surface area contributed by atoms with Crippen LogP contribution in [0, 0.1) is 6.92 Å². The molecule has 0 radical (unpaired) electrons. The summed E-state index contributed by atoms with van der Waals surface area (Å²) in [7, 11) is 0. The molecule has 84 valence electrons. The molecule has 0 bridgehead atoms. The Morgan fingerprint density at radius 1 is 1.38 bits per heavy atom. The zero-order chi connectivity index (χ0) is 11.4. The van der Waals surface area contributed by atoms with Gasteiger partial charge in [0.2, 0.25) is 0 Å². The summed E-state index contributed by atoms with van der Waals surface area (Å²) in [6.07, 6.45) is 3.51. The van der Waals surface area contributed by atoms with Crippen molar-refractivity contribution < 1.29 is 4.42 Å². The van der Waals surface area contributed by atoms with E-state index in [1.165, 1.54) is 5.56 Å². The molecule has 0 saturated carbocycles. The van der Waals surface area contributed by atoms with Crippen LogP contribution >= 0.6 is 0 Å². The summed E-state index contributed by atoms with van der Waals surface area (Å²) in [6.45, 7) is 4.91. The number of nitrogens with zero attached hydrogens (tertiary/aromatic N) is 1. The molecule has 3 heteroatoms. The zero-order valence-corrected chi connectivity index (χ0v) is 9.60. The summed E-state index contributed by atoms with van der Waals surface area (Å²) in [5.41, 5.74) is 2.29. The van der Waals surface area contributed by atoms with E-state index in [2.05, 4.69) is 30.2 Å². The van der Waals surface area contributed by atoms with Crippen molar-refractivity contribution in [2.45, 2.75) is 26.4 Å². The fraction of sp³-hybridized carbons (Fsp3) is 0.308. The predicted molar refractivity (Wildman–Crippen MR) is 62.9 cm³/mol. The van der Waals surface area contributed by atoms with Crippen LogP contribution in [0.25, 0.3) is 0 Å². The molecule has 0 amide bonds. The van der Waals surface area contributed by atoms with E-state index in [1.807, 2.05) is 24.4 Å². The molecule has 1 N–H and O–H groups in total. The molecular weight excluding hydrogens is 200 g/mol. The molecule has 0 aliphatic heterocycles. The van der Waals surface area contributed by atoms with Gasteiger partial charge >= 0.3 is 0 Å². The molecule has 2 aromatic rings. The number of rotatable bonds is 4. The van der Waals surface area contributed by atoms with Crippen LogP contribution in [-0.2, 0) is 6.54 Å². The maximum atomic E-state index is 5.33. The van der Waals surface area contributed by atoms with Gasteiger partial charge in [-0.05, 0) is 37.6 Å². The van der Waals surface area contributed by atoms with E-state index in [0.29, 0.717) is 0 Å². The summed E-state index contributed by atoms with van der Waals surface area (Å²) in [4.78, 5) is 4.34. The van der Waals surface area contributed by atoms with Gasteiger partial charge < -0.3 is 9.73 Å². The van der Waals surface area contributed by atoms with Crippen molar-refractivity contribution >= 4 is 0 Å². The average Bonchev–Trinajstić information content (AvgIpc) is 2.81. The molecule has 0 saturated heterocycles. The summed E-state index contributed by atoms with van der Waals surface area (Å²) >= 11 is 0. The monoisotopic (exact) mass is 216 g/mol. The van der Waals surface area contributed by atoms with Crippen LogP contribution in [0.3, 0.4) is 0 Å². The minimum absolute atomic E-state index is 0.205. The van der Waals surface area contributed by atoms with Gasteiger partial charge in [0.1, 0.15) is 5.76 Å². The molecule has 2 aromatic heterocycles. The van der Waals surface area contributed by atoms with Gasteiger partial charge in [-0.3, -0.25) is 4.98 Å². The lowest BCUT2D eigenvalue weighted by Crippen LogP contribution is -2.18. The van der Waals surface area contributed by atoms with E-state index in [0.717, 1.165) is 18.0 Å². The van der Waals surface area contributed by atoms with Gasteiger partial charge in [-0.25, -0.2) is 0 Å². The van der Waals surface area contributed by atoms with Gasteiger partial charge in [0, 0.05) is 12.7 Å². The second-order valence-corrected chi connectivity index (χ2v) is 3.89. The number of pyridine rings is 1. The maximum Gasteiger partial charge on any atom is 0.120 e. The first-order valence-electron chi connectivity index (χ1n) is 5.44. The minimum atomic E-state index is 0.205. The van der Waals surface area contributed by atoms with E-state index in [1.54, 1.807) is 6.26 Å². The number of furan rings is 1.